The maximum absolute atomic E-state index is 13.4. The number of anilines is 4. The predicted octanol–water partition coefficient (Wildman–Crippen LogP) is 4.06. The van der Waals surface area contributed by atoms with Crippen molar-refractivity contribution in [2.75, 3.05) is 68.0 Å². The average molecular weight is 552 g/mol. The fourth-order valence-electron chi connectivity index (χ4n) is 4.46. The van der Waals surface area contributed by atoms with E-state index >= 15 is 0 Å². The van der Waals surface area contributed by atoms with E-state index in [1.54, 1.807) is 12.1 Å². The predicted molar refractivity (Wildman–Crippen MR) is 154 cm³/mol. The maximum atomic E-state index is 13.4. The fraction of sp³-hybridized carbons (Fsp3) is 0.448. The highest BCUT2D eigenvalue weighted by Gasteiger charge is 2.21. The molecule has 1 aromatic heterocycles. The minimum absolute atomic E-state index is 0.309. The minimum Gasteiger partial charge on any atom is -0.492 e. The van der Waals surface area contributed by atoms with Gasteiger partial charge in [-0.15, -0.1) is 0 Å². The molecular weight excluding hydrogens is 513 g/mol. The fourth-order valence-corrected chi connectivity index (χ4v) is 4.46. The largest absolute Gasteiger partial charge is 0.492 e. The first-order valence-corrected chi connectivity index (χ1v) is 13.8. The summed E-state index contributed by atoms with van der Waals surface area (Å²) in [5.41, 5.74) is 1.65. The van der Waals surface area contributed by atoms with Gasteiger partial charge in [-0.05, 0) is 61.3 Å². The van der Waals surface area contributed by atoms with Crippen LogP contribution in [0.2, 0.25) is 0 Å². The van der Waals surface area contributed by atoms with Gasteiger partial charge in [-0.3, -0.25) is 4.79 Å². The number of ether oxygens (including phenoxy) is 1. The molecule has 11 heteroatoms. The molecule has 0 saturated carbocycles. The molecule has 0 spiro atoms. The van der Waals surface area contributed by atoms with E-state index in [0.29, 0.717) is 55.3 Å². The Bertz CT molecular complexity index is 1240. The second-order valence-electron chi connectivity index (χ2n) is 9.87. The summed E-state index contributed by atoms with van der Waals surface area (Å²) < 4.78 is 19.3. The Morgan fingerprint density at radius 3 is 2.38 bits per heavy atom. The van der Waals surface area contributed by atoms with Gasteiger partial charge in [0.2, 0.25) is 17.8 Å². The highest BCUT2D eigenvalue weighted by Crippen LogP contribution is 2.21. The quantitative estimate of drug-likeness (QED) is 0.323. The van der Waals surface area contributed by atoms with Gasteiger partial charge in [0.1, 0.15) is 18.2 Å². The topological polar surface area (TPSA) is 107 Å². The number of benzene rings is 2. The van der Waals surface area contributed by atoms with Crippen molar-refractivity contribution in [3.05, 3.63) is 59.9 Å². The summed E-state index contributed by atoms with van der Waals surface area (Å²) in [7, 11) is 1.90. The van der Waals surface area contributed by atoms with Crippen LogP contribution in [0.1, 0.15) is 25.8 Å². The molecule has 0 bridgehead atoms. The van der Waals surface area contributed by atoms with Crippen molar-refractivity contribution in [3.63, 3.8) is 0 Å². The van der Waals surface area contributed by atoms with E-state index in [1.807, 2.05) is 43.1 Å². The van der Waals surface area contributed by atoms with Crippen molar-refractivity contribution in [2.45, 2.75) is 26.7 Å². The third-order valence-corrected chi connectivity index (χ3v) is 7.10. The van der Waals surface area contributed by atoms with E-state index in [0.717, 1.165) is 38.3 Å². The second-order valence-corrected chi connectivity index (χ2v) is 9.87. The Morgan fingerprint density at radius 2 is 1.75 bits per heavy atom. The first-order chi connectivity index (χ1) is 19.3. The number of carbonyl (C=O) groups is 1. The van der Waals surface area contributed by atoms with Crippen LogP contribution in [0.3, 0.4) is 0 Å². The third kappa shape index (κ3) is 8.01. The Balaban J connectivity index is 1.41. The Kier molecular flexibility index (Phi) is 10.1. The van der Waals surface area contributed by atoms with E-state index in [1.165, 1.54) is 12.1 Å². The van der Waals surface area contributed by atoms with Crippen molar-refractivity contribution >= 4 is 29.5 Å². The normalized spacial score (nSPS) is 14.6. The zero-order chi connectivity index (χ0) is 28.5. The maximum Gasteiger partial charge on any atom is 0.306 e. The molecule has 1 saturated heterocycles. The number of rotatable bonds is 13. The van der Waals surface area contributed by atoms with Gasteiger partial charge in [0, 0.05) is 38.9 Å². The zero-order valence-corrected chi connectivity index (χ0v) is 23.4. The number of carboxylic acid groups (broad SMARTS) is 1. The molecule has 2 heterocycles. The van der Waals surface area contributed by atoms with E-state index in [-0.39, 0.29) is 11.7 Å². The lowest BCUT2D eigenvalue weighted by molar-refractivity contribution is -0.141. The number of likely N-dealkylation sites (N-methyl/N-ethyl adjacent to an activating group) is 2. The van der Waals surface area contributed by atoms with Gasteiger partial charge in [-0.1, -0.05) is 26.0 Å². The van der Waals surface area contributed by atoms with E-state index in [4.69, 9.17) is 9.72 Å². The van der Waals surface area contributed by atoms with Crippen LogP contribution in [-0.2, 0) is 11.2 Å². The first-order valence-electron chi connectivity index (χ1n) is 13.8. The average Bonchev–Trinajstić information content (AvgIpc) is 2.97. The molecule has 1 fully saturated rings. The molecule has 0 radical (unpaired) electrons. The first kappa shape index (κ1) is 29.0. The minimum atomic E-state index is -0.772. The van der Waals surface area contributed by atoms with Crippen LogP contribution >= 0.6 is 0 Å². The standard InChI is InChI=1S/C29H38FN7O3/c1-4-22(26(38)39)20-21-6-12-25(13-7-21)40-19-18-35(3)28-32-27(31-24-10-8-23(30)9-11-24)33-29(34-28)37-16-14-36(5-2)15-17-37/h6-13,22H,4-5,14-20H2,1-3H3,(H,38,39)(H,31,32,33,34). The van der Waals surface area contributed by atoms with Gasteiger partial charge >= 0.3 is 5.97 Å². The number of piperazine rings is 1. The number of carboxylic acids is 1. The molecule has 40 heavy (non-hydrogen) atoms. The summed E-state index contributed by atoms with van der Waals surface area (Å²) in [6.45, 7) is 9.52. The Morgan fingerprint density at radius 1 is 1.05 bits per heavy atom. The van der Waals surface area contributed by atoms with Crippen molar-refractivity contribution in [1.29, 1.82) is 0 Å². The van der Waals surface area contributed by atoms with Gasteiger partial charge in [-0.2, -0.15) is 15.0 Å². The molecule has 0 amide bonds. The van der Waals surface area contributed by atoms with Crippen LogP contribution in [0.5, 0.6) is 5.75 Å². The molecule has 1 aliphatic rings. The SMILES string of the molecule is CCC(Cc1ccc(OCCN(C)c2nc(Nc3ccc(F)cc3)nc(N3CCN(CC)CC3)n2)cc1)C(=O)O. The number of aromatic nitrogens is 3. The monoisotopic (exact) mass is 551 g/mol. The van der Waals surface area contributed by atoms with Gasteiger partial charge in [0.25, 0.3) is 0 Å². The van der Waals surface area contributed by atoms with Gasteiger partial charge < -0.3 is 29.9 Å². The lowest BCUT2D eigenvalue weighted by Gasteiger charge is -2.34. The summed E-state index contributed by atoms with van der Waals surface area (Å²) >= 11 is 0. The number of nitrogens with one attached hydrogen (secondary N) is 1. The molecule has 1 aliphatic heterocycles. The summed E-state index contributed by atoms with van der Waals surface area (Å²) in [5.74, 6) is 0.738. The van der Waals surface area contributed by atoms with E-state index < -0.39 is 5.97 Å². The van der Waals surface area contributed by atoms with Crippen LogP contribution in [0.15, 0.2) is 48.5 Å². The summed E-state index contributed by atoms with van der Waals surface area (Å²) in [4.78, 5) is 31.8. The lowest BCUT2D eigenvalue weighted by atomic mass is 9.97. The molecule has 10 nitrogen and oxygen atoms in total. The second kappa shape index (κ2) is 13.9. The van der Waals surface area contributed by atoms with Gasteiger partial charge in [0.15, 0.2) is 0 Å². The Labute approximate surface area is 234 Å². The van der Waals surface area contributed by atoms with Crippen LogP contribution in [0.4, 0.5) is 27.9 Å². The van der Waals surface area contributed by atoms with Crippen molar-refractivity contribution in [3.8, 4) is 5.75 Å². The summed E-state index contributed by atoms with van der Waals surface area (Å²) in [6, 6.07) is 13.6. The molecular formula is C29H38FN7O3. The number of nitrogens with zero attached hydrogens (tertiary/aromatic N) is 6. The summed E-state index contributed by atoms with van der Waals surface area (Å²) in [5, 5.41) is 12.5. The lowest BCUT2D eigenvalue weighted by Crippen LogP contribution is -2.47. The smallest absolute Gasteiger partial charge is 0.306 e. The molecule has 0 aliphatic carbocycles. The van der Waals surface area contributed by atoms with Gasteiger partial charge in [0.05, 0.1) is 12.5 Å². The van der Waals surface area contributed by atoms with E-state index in [2.05, 4.69) is 32.0 Å². The number of hydrogen-bond acceptors (Lipinski definition) is 9. The molecule has 1 atom stereocenters. The van der Waals surface area contributed by atoms with Gasteiger partial charge in [-0.25, -0.2) is 4.39 Å². The van der Waals surface area contributed by atoms with Crippen molar-refractivity contribution < 1.29 is 19.0 Å². The number of halogens is 1. The van der Waals surface area contributed by atoms with Crippen LogP contribution in [-0.4, -0.2) is 83.9 Å². The number of hydrogen-bond donors (Lipinski definition) is 2. The molecule has 2 N–H and O–H groups in total. The molecule has 1 unspecified atom stereocenters. The highest BCUT2D eigenvalue weighted by molar-refractivity contribution is 5.70. The van der Waals surface area contributed by atoms with Crippen LogP contribution in [0, 0.1) is 11.7 Å². The van der Waals surface area contributed by atoms with Crippen molar-refractivity contribution in [1.82, 2.24) is 19.9 Å². The summed E-state index contributed by atoms with van der Waals surface area (Å²) in [6.07, 6.45) is 1.09. The van der Waals surface area contributed by atoms with Crippen molar-refractivity contribution in [2.24, 2.45) is 5.92 Å². The third-order valence-electron chi connectivity index (χ3n) is 7.10. The Hall–Kier alpha value is -3.99. The van der Waals surface area contributed by atoms with E-state index in [9.17, 15) is 14.3 Å². The molecule has 214 valence electrons. The molecule has 3 aromatic rings. The molecule has 2 aromatic carbocycles. The van der Waals surface area contributed by atoms with Crippen LogP contribution < -0.4 is 19.9 Å². The van der Waals surface area contributed by atoms with Crippen LogP contribution in [0.25, 0.3) is 0 Å². The number of aliphatic carboxylic acids is 1. The molecule has 4 rings (SSSR count). The highest BCUT2D eigenvalue weighted by atomic mass is 19.1. The zero-order valence-electron chi connectivity index (χ0n) is 23.4.